The number of thioether (sulfide) groups is 1. The topological polar surface area (TPSA) is 37.3 Å². The van der Waals surface area contributed by atoms with Gasteiger partial charge in [-0.05, 0) is 42.0 Å². The van der Waals surface area contributed by atoms with Crippen LogP contribution in [-0.2, 0) is 5.75 Å². The first kappa shape index (κ1) is 14.4. The van der Waals surface area contributed by atoms with Gasteiger partial charge in [0, 0.05) is 20.1 Å². The molecule has 0 unspecified atom stereocenters. The van der Waals surface area contributed by atoms with Crippen molar-refractivity contribution in [1.82, 2.24) is 0 Å². The van der Waals surface area contributed by atoms with Crippen molar-refractivity contribution in [2.75, 3.05) is 0 Å². The molecule has 0 aromatic heterocycles. The summed E-state index contributed by atoms with van der Waals surface area (Å²) < 4.78 is 1.04. The molecule has 0 amide bonds. The van der Waals surface area contributed by atoms with E-state index in [1.54, 1.807) is 23.9 Å². The molecule has 2 nitrogen and oxygen atoms in total. The molecule has 1 N–H and O–H groups in total. The third-order valence-electron chi connectivity index (χ3n) is 2.51. The Hall–Kier alpha value is -0.970. The van der Waals surface area contributed by atoms with Gasteiger partial charge < -0.3 is 5.11 Å². The summed E-state index contributed by atoms with van der Waals surface area (Å²) in [5, 5.41) is 9.36. The van der Waals surface area contributed by atoms with E-state index in [1.807, 2.05) is 24.3 Å². The minimum Gasteiger partial charge on any atom is -0.478 e. The summed E-state index contributed by atoms with van der Waals surface area (Å²) in [4.78, 5) is 11.9. The van der Waals surface area contributed by atoms with Crippen molar-refractivity contribution in [3.05, 3.63) is 63.1 Å². The molecule has 19 heavy (non-hydrogen) atoms. The molecule has 0 radical (unpaired) electrons. The van der Waals surface area contributed by atoms with Crippen molar-refractivity contribution in [3.63, 3.8) is 0 Å². The first-order valence-corrected chi connectivity index (χ1v) is 7.62. The molecule has 2 aromatic rings. The monoisotopic (exact) mass is 356 g/mol. The summed E-state index contributed by atoms with van der Waals surface area (Å²) in [7, 11) is 0. The first-order chi connectivity index (χ1) is 9.06. The van der Waals surface area contributed by atoms with E-state index in [0.29, 0.717) is 10.8 Å². The third-order valence-corrected chi connectivity index (χ3v) is 4.45. The van der Waals surface area contributed by atoms with E-state index in [2.05, 4.69) is 15.9 Å². The largest absolute Gasteiger partial charge is 0.478 e. The average molecular weight is 358 g/mol. The Labute approximate surface area is 128 Å². The Morgan fingerprint density at radius 2 is 1.89 bits per heavy atom. The quantitative estimate of drug-likeness (QED) is 0.774. The van der Waals surface area contributed by atoms with Gasteiger partial charge in [0.2, 0.25) is 0 Å². The lowest BCUT2D eigenvalue weighted by Crippen LogP contribution is -1.96. The molecule has 0 aliphatic carbocycles. The van der Waals surface area contributed by atoms with Gasteiger partial charge in [-0.25, -0.2) is 4.79 Å². The van der Waals surface area contributed by atoms with E-state index in [4.69, 9.17) is 16.7 Å². The zero-order valence-electron chi connectivity index (χ0n) is 9.77. The zero-order chi connectivity index (χ0) is 13.8. The number of benzene rings is 2. The van der Waals surface area contributed by atoms with E-state index in [0.717, 1.165) is 14.9 Å². The third kappa shape index (κ3) is 4.00. The molecule has 98 valence electrons. The van der Waals surface area contributed by atoms with E-state index in [9.17, 15) is 4.79 Å². The van der Waals surface area contributed by atoms with Crippen LogP contribution < -0.4 is 0 Å². The number of aromatic carboxylic acids is 1. The summed E-state index contributed by atoms with van der Waals surface area (Å²) in [6, 6.07) is 12.8. The van der Waals surface area contributed by atoms with Crippen LogP contribution in [0.25, 0.3) is 0 Å². The zero-order valence-corrected chi connectivity index (χ0v) is 12.9. The minimum absolute atomic E-state index is 0.211. The predicted molar refractivity (Wildman–Crippen MR) is 82.1 cm³/mol. The van der Waals surface area contributed by atoms with Gasteiger partial charge >= 0.3 is 5.97 Å². The summed E-state index contributed by atoms with van der Waals surface area (Å²) in [6.45, 7) is 0. The highest BCUT2D eigenvalue weighted by molar-refractivity contribution is 9.10. The molecule has 2 aromatic carbocycles. The molecule has 0 bridgehead atoms. The fourth-order valence-corrected chi connectivity index (χ4v) is 2.98. The van der Waals surface area contributed by atoms with E-state index in [1.165, 1.54) is 6.07 Å². The number of rotatable bonds is 4. The molecule has 0 spiro atoms. The molecule has 0 atom stereocenters. The second-order valence-corrected chi connectivity index (χ2v) is 6.23. The smallest absolute Gasteiger partial charge is 0.335 e. The Morgan fingerprint density at radius 3 is 2.47 bits per heavy atom. The second kappa shape index (κ2) is 6.46. The average Bonchev–Trinajstić information content (AvgIpc) is 2.39. The number of hydrogen-bond donors (Lipinski definition) is 1. The van der Waals surface area contributed by atoms with Crippen LogP contribution in [0.4, 0.5) is 0 Å². The minimum atomic E-state index is -0.964. The fraction of sp³-hybridized carbons (Fsp3) is 0.0714. The number of carboxylic acids is 1. The lowest BCUT2D eigenvalue weighted by Gasteiger charge is -2.05. The van der Waals surface area contributed by atoms with Gasteiger partial charge in [-0.3, -0.25) is 0 Å². The molecule has 0 saturated carbocycles. The van der Waals surface area contributed by atoms with Crippen molar-refractivity contribution in [2.24, 2.45) is 0 Å². The van der Waals surface area contributed by atoms with E-state index < -0.39 is 5.97 Å². The maximum absolute atomic E-state index is 10.8. The van der Waals surface area contributed by atoms with Crippen molar-refractivity contribution >= 4 is 45.3 Å². The molecule has 2 rings (SSSR count). The summed E-state index contributed by atoms with van der Waals surface area (Å²) in [6.07, 6.45) is 0. The maximum Gasteiger partial charge on any atom is 0.335 e. The van der Waals surface area contributed by atoms with Crippen LogP contribution >= 0.6 is 39.3 Å². The molecule has 5 heteroatoms. The van der Waals surface area contributed by atoms with E-state index >= 15 is 0 Å². The Morgan fingerprint density at radius 1 is 1.21 bits per heavy atom. The summed E-state index contributed by atoms with van der Waals surface area (Å²) in [5.74, 6) is -0.255. The van der Waals surface area contributed by atoms with Crippen LogP contribution in [-0.4, -0.2) is 11.1 Å². The lowest BCUT2D eigenvalue weighted by atomic mass is 10.1. The number of carbonyl (C=O) groups is 1. The molecule has 0 heterocycles. The SMILES string of the molecule is O=C(O)c1ccc(CSc2ccc(Br)cc2)c(Cl)c1. The van der Waals surface area contributed by atoms with Crippen LogP contribution in [0.3, 0.4) is 0 Å². The Bertz CT molecular complexity index is 599. The van der Waals surface area contributed by atoms with Crippen LogP contribution in [0.2, 0.25) is 5.02 Å². The van der Waals surface area contributed by atoms with Crippen molar-refractivity contribution in [2.45, 2.75) is 10.6 Å². The molecule has 0 fully saturated rings. The highest BCUT2D eigenvalue weighted by Crippen LogP contribution is 2.28. The van der Waals surface area contributed by atoms with Crippen LogP contribution in [0.1, 0.15) is 15.9 Å². The van der Waals surface area contributed by atoms with Gasteiger partial charge in [0.15, 0.2) is 0 Å². The Kier molecular flexibility index (Phi) is 4.91. The lowest BCUT2D eigenvalue weighted by molar-refractivity contribution is 0.0697. The van der Waals surface area contributed by atoms with Crippen molar-refractivity contribution < 1.29 is 9.90 Å². The Balaban J connectivity index is 2.07. The summed E-state index contributed by atoms with van der Waals surface area (Å²) in [5.41, 5.74) is 1.14. The fourth-order valence-electron chi connectivity index (χ4n) is 1.49. The van der Waals surface area contributed by atoms with Crippen LogP contribution in [0.5, 0.6) is 0 Å². The number of carboxylic acid groups (broad SMARTS) is 1. The standard InChI is InChI=1S/C14H10BrClO2S/c15-11-3-5-12(6-4-11)19-8-10-2-1-9(14(17)18)7-13(10)16/h1-7H,8H2,(H,17,18). The van der Waals surface area contributed by atoms with Gasteiger partial charge in [0.1, 0.15) is 0 Å². The molecular formula is C14H10BrClO2S. The molecule has 0 saturated heterocycles. The first-order valence-electron chi connectivity index (χ1n) is 5.46. The van der Waals surface area contributed by atoms with Gasteiger partial charge in [0.25, 0.3) is 0 Å². The van der Waals surface area contributed by atoms with Gasteiger partial charge in [-0.1, -0.05) is 33.6 Å². The highest BCUT2D eigenvalue weighted by atomic mass is 79.9. The number of hydrogen-bond acceptors (Lipinski definition) is 2. The van der Waals surface area contributed by atoms with Crippen LogP contribution in [0.15, 0.2) is 51.8 Å². The maximum atomic E-state index is 10.8. The van der Waals surface area contributed by atoms with Crippen molar-refractivity contribution in [3.8, 4) is 0 Å². The molecular weight excluding hydrogens is 348 g/mol. The summed E-state index contributed by atoms with van der Waals surface area (Å²) >= 11 is 11.1. The van der Waals surface area contributed by atoms with E-state index in [-0.39, 0.29) is 5.56 Å². The predicted octanol–water partition coefficient (Wildman–Crippen LogP) is 5.09. The molecule has 0 aliphatic rings. The van der Waals surface area contributed by atoms with Gasteiger partial charge in [-0.15, -0.1) is 11.8 Å². The molecule has 0 aliphatic heterocycles. The second-order valence-electron chi connectivity index (χ2n) is 3.85. The normalized spacial score (nSPS) is 10.4. The highest BCUT2D eigenvalue weighted by Gasteiger charge is 2.07. The van der Waals surface area contributed by atoms with Gasteiger partial charge in [0.05, 0.1) is 5.56 Å². The van der Waals surface area contributed by atoms with Crippen molar-refractivity contribution in [1.29, 1.82) is 0 Å². The van der Waals surface area contributed by atoms with Crippen LogP contribution in [0, 0.1) is 0 Å². The number of halogens is 2. The van der Waals surface area contributed by atoms with Gasteiger partial charge in [-0.2, -0.15) is 0 Å².